The molecular weight excluding hydrogens is 1200 g/mol. The van der Waals surface area contributed by atoms with Crippen LogP contribution in [0.15, 0.2) is 243 Å². The fraction of sp³-hybridized carbons (Fsp3) is 0.260. The van der Waals surface area contributed by atoms with Crippen LogP contribution >= 0.6 is 0 Å². The topological polar surface area (TPSA) is 0 Å². The van der Waals surface area contributed by atoms with Crippen molar-refractivity contribution in [3.8, 4) is 0 Å². The second-order valence-corrected chi connectivity index (χ2v) is 23.7. The number of aryl methyl sites for hydroxylation is 10. The number of benzene rings is 17. The van der Waals surface area contributed by atoms with Crippen LogP contribution < -0.4 is 0 Å². The third kappa shape index (κ3) is 17.7. The van der Waals surface area contributed by atoms with E-state index in [2.05, 4.69) is 312 Å². The third-order valence-corrected chi connectivity index (χ3v) is 18.0. The molecule has 0 spiro atoms. The van der Waals surface area contributed by atoms with E-state index in [1.165, 1.54) is 185 Å². The molecule has 17 rings (SSSR count). The lowest BCUT2D eigenvalue weighted by Crippen LogP contribution is -1.88. The van der Waals surface area contributed by atoms with Crippen molar-refractivity contribution >= 4 is 129 Å². The van der Waals surface area contributed by atoms with Crippen LogP contribution in [0.4, 0.5) is 0 Å². The Morgan fingerprint density at radius 2 is 0.420 bits per heavy atom. The fourth-order valence-corrected chi connectivity index (χ4v) is 13.6. The average Bonchev–Trinajstić information content (AvgIpc) is 0.744. The summed E-state index contributed by atoms with van der Waals surface area (Å²) in [6.07, 6.45) is 0. The van der Waals surface area contributed by atoms with E-state index in [0.29, 0.717) is 0 Å². The zero-order chi connectivity index (χ0) is 73.9. The summed E-state index contributed by atoms with van der Waals surface area (Å²) in [5.74, 6) is 0. The van der Waals surface area contributed by atoms with Gasteiger partial charge in [0.1, 0.15) is 0 Å². The minimum absolute atomic E-state index is 1.32. The first kappa shape index (κ1) is 81.1. The Morgan fingerprint density at radius 3 is 0.920 bits per heavy atom. The van der Waals surface area contributed by atoms with Crippen molar-refractivity contribution in [2.75, 3.05) is 0 Å². The van der Waals surface area contributed by atoms with Crippen molar-refractivity contribution < 1.29 is 0 Å². The van der Waals surface area contributed by atoms with Crippen molar-refractivity contribution in [1.29, 1.82) is 0 Å². The molecule has 0 saturated carbocycles. The summed E-state index contributed by atoms with van der Waals surface area (Å²) in [7, 11) is 0. The Hall–Kier alpha value is -9.62. The molecule has 0 aliphatic carbocycles. The van der Waals surface area contributed by atoms with Gasteiger partial charge in [0.25, 0.3) is 0 Å². The van der Waals surface area contributed by atoms with E-state index in [1.807, 2.05) is 111 Å². The van der Waals surface area contributed by atoms with Gasteiger partial charge in [0.2, 0.25) is 0 Å². The highest BCUT2D eigenvalue weighted by Gasteiger charge is 2.14. The van der Waals surface area contributed by atoms with Crippen LogP contribution in [0.3, 0.4) is 0 Å². The molecule has 0 nitrogen and oxygen atoms in total. The molecule has 0 N–H and O–H groups in total. The van der Waals surface area contributed by atoms with Gasteiger partial charge in [-0.25, -0.2) is 0 Å². The van der Waals surface area contributed by atoms with Gasteiger partial charge in [-0.3, -0.25) is 0 Å². The smallest absolute Gasteiger partial charge is 0.00239 e. The lowest BCUT2D eigenvalue weighted by molar-refractivity contribution is 1.47. The fourth-order valence-electron chi connectivity index (χ4n) is 13.6. The maximum absolute atomic E-state index is 2.31. The van der Waals surface area contributed by atoms with E-state index in [4.69, 9.17) is 0 Å². The predicted octanol–water partition coefficient (Wildman–Crippen LogP) is 32.4. The second-order valence-electron chi connectivity index (χ2n) is 23.7. The first-order chi connectivity index (χ1) is 48.8. The van der Waals surface area contributed by atoms with Crippen LogP contribution in [-0.2, 0) is 0 Å². The molecule has 0 atom stereocenters. The largest absolute Gasteiger partial charge is 0.0683 e. The highest BCUT2D eigenvalue weighted by Crippen LogP contribution is 2.40. The van der Waals surface area contributed by atoms with Crippen molar-refractivity contribution in [1.82, 2.24) is 0 Å². The van der Waals surface area contributed by atoms with Gasteiger partial charge in [0.05, 0.1) is 0 Å². The van der Waals surface area contributed by atoms with E-state index < -0.39 is 0 Å². The number of rotatable bonds is 0. The van der Waals surface area contributed by atoms with Gasteiger partial charge >= 0.3 is 0 Å². The molecule has 0 radical (unpaired) electrons. The summed E-state index contributed by atoms with van der Waals surface area (Å²) in [6.45, 7) is 53.9. The zero-order valence-corrected chi connectivity index (χ0v) is 66.1. The molecule has 0 aromatic heterocycles. The summed E-state index contributed by atoms with van der Waals surface area (Å²) < 4.78 is 0. The van der Waals surface area contributed by atoms with Gasteiger partial charge < -0.3 is 0 Å². The standard InChI is InChI=1S/2C18H14.3C16H14.8C2H6/c1-11-9-13-5-4-8-16-12(2)10-14-6-3-7-15(11)17(14)18(13)16;1-11-6-7-14-10-12(2)15-5-3-4-13-8-9-16(11)18(14)17(13)15;1-11-6-5-9-15-12(2)14-8-4-3-7-13(14)10-16(11)15;1-11-7-8-12(2)16-10-14-6-4-3-5-13(14)9-15(11)16;1-11-7-8-13-10-12(2)14-5-3-4-6-15(14)16(13)9-11;8*1-2/h2*3-10H,1-2H3;3*3-10H,1-2H3;8*1-2H3. The van der Waals surface area contributed by atoms with Crippen LogP contribution in [-0.4, -0.2) is 0 Å². The molecule has 0 aliphatic heterocycles. The van der Waals surface area contributed by atoms with Gasteiger partial charge in [-0.15, -0.1) is 0 Å². The SMILES string of the molecule is CC.CC.CC.CC.CC.CC.CC.CC.Cc1cc2ccc(C)c3ccc4cccc1c4c23.Cc1cc2cccc3c(C)cc4cccc1c4c23.Cc1ccc(C)c2cc3ccccc3cc12.Cc1ccc2cc(C)c3ccccc3c2c1.Cc1cccc2c(C)c3ccccc3cc12. The first-order valence-corrected chi connectivity index (χ1v) is 37.7. The van der Waals surface area contributed by atoms with Crippen LogP contribution in [0, 0.1) is 69.2 Å². The Kier molecular flexibility index (Phi) is 32.3. The van der Waals surface area contributed by atoms with Crippen molar-refractivity contribution in [3.05, 3.63) is 298 Å². The first-order valence-electron chi connectivity index (χ1n) is 37.7. The second kappa shape index (κ2) is 39.8. The summed E-state index contributed by atoms with van der Waals surface area (Å²) >= 11 is 0. The molecule has 17 aromatic rings. The van der Waals surface area contributed by atoms with Crippen LogP contribution in [0.2, 0.25) is 0 Å². The number of fused-ring (bicyclic) bond motifs is 7. The predicted molar refractivity (Wildman–Crippen MR) is 463 cm³/mol. The minimum Gasteiger partial charge on any atom is -0.0683 e. The lowest BCUT2D eigenvalue weighted by atomic mass is 9.90. The maximum Gasteiger partial charge on any atom is -0.00239 e. The van der Waals surface area contributed by atoms with E-state index in [-0.39, 0.29) is 0 Å². The number of hydrogen-bond donors (Lipinski definition) is 0. The van der Waals surface area contributed by atoms with Crippen LogP contribution in [0.25, 0.3) is 129 Å². The molecule has 100 heavy (non-hydrogen) atoms. The highest BCUT2D eigenvalue weighted by molar-refractivity contribution is 6.25. The molecule has 17 aromatic carbocycles. The van der Waals surface area contributed by atoms with Gasteiger partial charge in [-0.2, -0.15) is 0 Å². The van der Waals surface area contributed by atoms with E-state index in [1.54, 1.807) is 0 Å². The monoisotopic (exact) mass is 1320 g/mol. The van der Waals surface area contributed by atoms with Gasteiger partial charge in [0, 0.05) is 0 Å². The summed E-state index contributed by atoms with van der Waals surface area (Å²) in [6, 6.07) is 88.3. The van der Waals surface area contributed by atoms with Crippen molar-refractivity contribution in [2.24, 2.45) is 0 Å². The van der Waals surface area contributed by atoms with E-state index in [0.717, 1.165) is 0 Å². The molecule has 0 heteroatoms. The Morgan fingerprint density at radius 1 is 0.140 bits per heavy atom. The molecule has 0 heterocycles. The molecule has 0 bridgehead atoms. The molecule has 0 aliphatic rings. The zero-order valence-electron chi connectivity index (χ0n) is 66.1. The number of hydrogen-bond acceptors (Lipinski definition) is 0. The van der Waals surface area contributed by atoms with Gasteiger partial charge in [0.15, 0.2) is 0 Å². The van der Waals surface area contributed by atoms with Crippen molar-refractivity contribution in [3.63, 3.8) is 0 Å². The normalized spacial score (nSPS) is 10.1. The maximum atomic E-state index is 2.31. The molecule has 518 valence electrons. The van der Waals surface area contributed by atoms with Crippen LogP contribution in [0.5, 0.6) is 0 Å². The third-order valence-electron chi connectivity index (χ3n) is 18.0. The Labute approximate surface area is 603 Å². The summed E-state index contributed by atoms with van der Waals surface area (Å²) in [5.41, 5.74) is 13.6. The summed E-state index contributed by atoms with van der Waals surface area (Å²) in [5, 5.41) is 32.9. The Balaban J connectivity index is 0.000000214. The molecule has 0 amide bonds. The summed E-state index contributed by atoms with van der Waals surface area (Å²) in [4.78, 5) is 0. The van der Waals surface area contributed by atoms with Gasteiger partial charge in [-0.1, -0.05) is 341 Å². The molecule has 0 fully saturated rings. The quantitative estimate of drug-likeness (QED) is 0.105. The lowest BCUT2D eigenvalue weighted by Gasteiger charge is -2.14. The highest BCUT2D eigenvalue weighted by atomic mass is 14.2. The van der Waals surface area contributed by atoms with E-state index in [9.17, 15) is 0 Å². The Bertz CT molecular complexity index is 5110. The minimum atomic E-state index is 1.32. The molecule has 0 saturated heterocycles. The van der Waals surface area contributed by atoms with E-state index >= 15 is 0 Å². The van der Waals surface area contributed by atoms with Gasteiger partial charge in [-0.05, 0) is 267 Å². The van der Waals surface area contributed by atoms with Crippen LogP contribution in [0.1, 0.15) is 166 Å². The molecular formula is C100H118. The molecule has 0 unspecified atom stereocenters. The average molecular weight is 1320 g/mol. The van der Waals surface area contributed by atoms with Crippen molar-refractivity contribution in [2.45, 2.75) is 180 Å².